The van der Waals surface area contributed by atoms with Crippen LogP contribution in [0.3, 0.4) is 0 Å². The molecule has 0 aliphatic carbocycles. The fourth-order valence-corrected chi connectivity index (χ4v) is 3.07. The minimum Gasteiger partial charge on any atom is -0.344 e. The van der Waals surface area contributed by atoms with Gasteiger partial charge < -0.3 is 4.57 Å². The van der Waals surface area contributed by atoms with Crippen LogP contribution in [0, 0.1) is 0 Å². The maximum absolute atomic E-state index is 11.7. The Morgan fingerprint density at radius 2 is 1.95 bits per heavy atom. The SMILES string of the molecule is CCS(=O)(=O)Nc1cncc(-c2cc3ccccc3n2C)c1. The van der Waals surface area contributed by atoms with Crippen molar-refractivity contribution in [1.82, 2.24) is 9.55 Å². The predicted octanol–water partition coefficient (Wildman–Crippen LogP) is 3.00. The maximum Gasteiger partial charge on any atom is 0.232 e. The number of hydrogen-bond acceptors (Lipinski definition) is 3. The van der Waals surface area contributed by atoms with E-state index >= 15 is 0 Å². The molecule has 0 atom stereocenters. The molecule has 6 heteroatoms. The number of sulfonamides is 1. The van der Waals surface area contributed by atoms with E-state index < -0.39 is 10.0 Å². The lowest BCUT2D eigenvalue weighted by Gasteiger charge is -2.08. The van der Waals surface area contributed by atoms with E-state index in [4.69, 9.17) is 0 Å². The van der Waals surface area contributed by atoms with Gasteiger partial charge in [0, 0.05) is 29.7 Å². The van der Waals surface area contributed by atoms with Crippen molar-refractivity contribution in [2.24, 2.45) is 7.05 Å². The quantitative estimate of drug-likeness (QED) is 0.805. The van der Waals surface area contributed by atoms with E-state index in [1.54, 1.807) is 19.2 Å². The molecular weight excluding hydrogens is 298 g/mol. The van der Waals surface area contributed by atoms with Crippen molar-refractivity contribution in [2.75, 3.05) is 10.5 Å². The zero-order valence-electron chi connectivity index (χ0n) is 12.4. The zero-order chi connectivity index (χ0) is 15.7. The molecule has 0 bridgehead atoms. The summed E-state index contributed by atoms with van der Waals surface area (Å²) in [5.74, 6) is 0.0330. The number of rotatable bonds is 4. The van der Waals surface area contributed by atoms with Crippen LogP contribution in [-0.2, 0) is 17.1 Å². The lowest BCUT2D eigenvalue weighted by atomic mass is 10.2. The van der Waals surface area contributed by atoms with Crippen molar-refractivity contribution in [3.8, 4) is 11.3 Å². The molecule has 0 unspecified atom stereocenters. The van der Waals surface area contributed by atoms with Gasteiger partial charge in [0.15, 0.2) is 0 Å². The molecule has 1 N–H and O–H groups in total. The van der Waals surface area contributed by atoms with Crippen LogP contribution in [0.2, 0.25) is 0 Å². The normalized spacial score (nSPS) is 11.7. The predicted molar refractivity (Wildman–Crippen MR) is 89.2 cm³/mol. The van der Waals surface area contributed by atoms with E-state index in [1.807, 2.05) is 19.2 Å². The Morgan fingerprint density at radius 3 is 2.68 bits per heavy atom. The van der Waals surface area contributed by atoms with E-state index in [2.05, 4.69) is 32.5 Å². The molecule has 1 aromatic carbocycles. The third-order valence-electron chi connectivity index (χ3n) is 3.64. The molecule has 0 amide bonds. The van der Waals surface area contributed by atoms with Gasteiger partial charge in [0.05, 0.1) is 23.3 Å². The number of nitrogens with one attached hydrogen (secondary N) is 1. The molecule has 0 aliphatic rings. The van der Waals surface area contributed by atoms with Gasteiger partial charge in [-0.15, -0.1) is 0 Å². The number of benzene rings is 1. The summed E-state index contributed by atoms with van der Waals surface area (Å²) in [5.41, 5.74) is 3.46. The highest BCUT2D eigenvalue weighted by Gasteiger charge is 2.11. The summed E-state index contributed by atoms with van der Waals surface area (Å²) < 4.78 is 28.0. The van der Waals surface area contributed by atoms with Crippen LogP contribution in [0.4, 0.5) is 5.69 Å². The van der Waals surface area contributed by atoms with Crippen molar-refractivity contribution in [2.45, 2.75) is 6.92 Å². The van der Waals surface area contributed by atoms with Crippen LogP contribution in [0.15, 0.2) is 48.8 Å². The Labute approximate surface area is 129 Å². The van der Waals surface area contributed by atoms with Gasteiger partial charge in [0.1, 0.15) is 0 Å². The first-order valence-corrected chi connectivity index (χ1v) is 8.66. The fourth-order valence-electron chi connectivity index (χ4n) is 2.45. The van der Waals surface area contributed by atoms with E-state index in [1.165, 1.54) is 6.20 Å². The summed E-state index contributed by atoms with van der Waals surface area (Å²) in [4.78, 5) is 4.15. The van der Waals surface area contributed by atoms with Gasteiger partial charge in [-0.05, 0) is 25.1 Å². The third-order valence-corrected chi connectivity index (χ3v) is 4.95. The number of pyridine rings is 1. The molecule has 22 heavy (non-hydrogen) atoms. The number of aryl methyl sites for hydroxylation is 1. The molecule has 114 valence electrons. The summed E-state index contributed by atoms with van der Waals surface area (Å²) in [5, 5.41) is 1.14. The van der Waals surface area contributed by atoms with Gasteiger partial charge in [-0.1, -0.05) is 18.2 Å². The molecule has 0 fully saturated rings. The second-order valence-electron chi connectivity index (χ2n) is 5.12. The molecule has 0 saturated carbocycles. The molecule has 2 heterocycles. The highest BCUT2D eigenvalue weighted by Crippen LogP contribution is 2.28. The monoisotopic (exact) mass is 315 g/mol. The van der Waals surface area contributed by atoms with Crippen molar-refractivity contribution < 1.29 is 8.42 Å². The molecule has 0 spiro atoms. The van der Waals surface area contributed by atoms with Crippen LogP contribution in [0.25, 0.3) is 22.2 Å². The fraction of sp³-hybridized carbons (Fsp3) is 0.188. The van der Waals surface area contributed by atoms with Gasteiger partial charge in [-0.25, -0.2) is 8.42 Å². The van der Waals surface area contributed by atoms with E-state index in [0.29, 0.717) is 5.69 Å². The first kappa shape index (κ1) is 14.6. The smallest absolute Gasteiger partial charge is 0.232 e. The molecule has 2 aromatic heterocycles. The van der Waals surface area contributed by atoms with Crippen molar-refractivity contribution in [3.05, 3.63) is 48.8 Å². The van der Waals surface area contributed by atoms with Gasteiger partial charge in [0.2, 0.25) is 10.0 Å². The lowest BCUT2D eigenvalue weighted by molar-refractivity contribution is 0.602. The molecule has 0 saturated heterocycles. The number of fused-ring (bicyclic) bond motifs is 1. The van der Waals surface area contributed by atoms with E-state index in [9.17, 15) is 8.42 Å². The Bertz CT molecular complexity index is 929. The van der Waals surface area contributed by atoms with E-state index in [-0.39, 0.29) is 5.75 Å². The Kier molecular flexibility index (Phi) is 3.62. The number of nitrogens with zero attached hydrogens (tertiary/aromatic N) is 2. The highest BCUT2D eigenvalue weighted by molar-refractivity contribution is 7.92. The third kappa shape index (κ3) is 2.69. The lowest BCUT2D eigenvalue weighted by Crippen LogP contribution is -2.14. The average Bonchev–Trinajstić information content (AvgIpc) is 2.85. The van der Waals surface area contributed by atoms with Gasteiger partial charge >= 0.3 is 0 Å². The molecule has 3 aromatic rings. The van der Waals surface area contributed by atoms with Crippen molar-refractivity contribution in [3.63, 3.8) is 0 Å². The first-order chi connectivity index (χ1) is 10.5. The maximum atomic E-state index is 11.7. The largest absolute Gasteiger partial charge is 0.344 e. The standard InChI is InChI=1S/C16H17N3O2S/c1-3-22(20,21)18-14-8-13(10-17-11-14)16-9-12-6-4-5-7-15(12)19(16)2/h4-11,18H,3H2,1-2H3. The molecule has 5 nitrogen and oxygen atoms in total. The summed E-state index contributed by atoms with van der Waals surface area (Å²) in [6, 6.07) is 12.0. The summed E-state index contributed by atoms with van der Waals surface area (Å²) in [6.07, 6.45) is 3.25. The second-order valence-corrected chi connectivity index (χ2v) is 7.13. The Balaban J connectivity index is 2.06. The van der Waals surface area contributed by atoms with E-state index in [0.717, 1.165) is 22.2 Å². The van der Waals surface area contributed by atoms with Crippen molar-refractivity contribution in [1.29, 1.82) is 0 Å². The van der Waals surface area contributed by atoms with Gasteiger partial charge in [-0.3, -0.25) is 9.71 Å². The Hall–Kier alpha value is -2.34. The van der Waals surface area contributed by atoms with Gasteiger partial charge in [-0.2, -0.15) is 0 Å². The summed E-state index contributed by atoms with van der Waals surface area (Å²) >= 11 is 0. The summed E-state index contributed by atoms with van der Waals surface area (Å²) in [7, 11) is -1.32. The number of para-hydroxylation sites is 1. The number of hydrogen-bond donors (Lipinski definition) is 1. The topological polar surface area (TPSA) is 64.0 Å². The number of aromatic nitrogens is 2. The van der Waals surface area contributed by atoms with Gasteiger partial charge in [0.25, 0.3) is 0 Å². The highest BCUT2D eigenvalue weighted by atomic mass is 32.2. The van der Waals surface area contributed by atoms with Crippen LogP contribution < -0.4 is 4.72 Å². The average molecular weight is 315 g/mol. The minimum absolute atomic E-state index is 0.0330. The van der Waals surface area contributed by atoms with Crippen LogP contribution >= 0.6 is 0 Å². The first-order valence-electron chi connectivity index (χ1n) is 7.00. The van der Waals surface area contributed by atoms with Crippen LogP contribution in [-0.4, -0.2) is 23.7 Å². The van der Waals surface area contributed by atoms with Crippen molar-refractivity contribution >= 4 is 26.6 Å². The summed E-state index contributed by atoms with van der Waals surface area (Å²) in [6.45, 7) is 1.60. The number of anilines is 1. The Morgan fingerprint density at radius 1 is 1.18 bits per heavy atom. The zero-order valence-corrected chi connectivity index (χ0v) is 13.3. The molecular formula is C16H17N3O2S. The minimum atomic E-state index is -3.30. The second kappa shape index (κ2) is 5.46. The molecule has 3 rings (SSSR count). The van der Waals surface area contributed by atoms with Crippen LogP contribution in [0.5, 0.6) is 0 Å². The molecule has 0 radical (unpaired) electrons. The molecule has 0 aliphatic heterocycles. The van der Waals surface area contributed by atoms with Crippen LogP contribution in [0.1, 0.15) is 6.92 Å².